The van der Waals surface area contributed by atoms with Gasteiger partial charge in [-0.3, -0.25) is 9.59 Å². The van der Waals surface area contributed by atoms with E-state index in [1.807, 2.05) is 42.5 Å². The molecule has 9 heteroatoms. The van der Waals surface area contributed by atoms with Gasteiger partial charge in [-0.25, -0.2) is 4.39 Å². The van der Waals surface area contributed by atoms with Gasteiger partial charge in [0, 0.05) is 18.2 Å². The number of methoxy groups -OCH3 is 1. The number of nitrogen functional groups attached to an aromatic ring is 1. The molecule has 1 fully saturated rings. The lowest BCUT2D eigenvalue weighted by Crippen LogP contribution is -2.45. The number of hydrogen-bond acceptors (Lipinski definition) is 6. The Morgan fingerprint density at radius 3 is 2.38 bits per heavy atom. The second kappa shape index (κ2) is 12.3. The van der Waals surface area contributed by atoms with Crippen molar-refractivity contribution in [3.8, 4) is 17.0 Å². The number of anilines is 1. The summed E-state index contributed by atoms with van der Waals surface area (Å²) in [5.41, 5.74) is 9.21. The van der Waals surface area contributed by atoms with Crippen LogP contribution in [0.1, 0.15) is 52.5 Å². The predicted octanol–water partition coefficient (Wildman–Crippen LogP) is 5.98. The maximum atomic E-state index is 14.3. The van der Waals surface area contributed by atoms with E-state index in [0.29, 0.717) is 22.6 Å². The first-order valence-electron chi connectivity index (χ1n) is 13.2. The first-order valence-corrected chi connectivity index (χ1v) is 14.0. The molecule has 5 rings (SSSR count). The maximum absolute atomic E-state index is 14.3. The predicted molar refractivity (Wildman–Crippen MR) is 154 cm³/mol. The zero-order chi connectivity index (χ0) is 28.1. The molecule has 206 valence electrons. The van der Waals surface area contributed by atoms with Gasteiger partial charge in [0.05, 0.1) is 12.8 Å². The van der Waals surface area contributed by atoms with E-state index in [-0.39, 0.29) is 34.9 Å². The zero-order valence-electron chi connectivity index (χ0n) is 22.2. The third kappa shape index (κ3) is 5.99. The number of benzene rings is 3. The fourth-order valence-corrected chi connectivity index (χ4v) is 5.84. The lowest BCUT2D eigenvalue weighted by Gasteiger charge is -2.32. The topological polar surface area (TPSA) is 97.5 Å². The van der Waals surface area contributed by atoms with E-state index in [1.165, 1.54) is 12.1 Å². The summed E-state index contributed by atoms with van der Waals surface area (Å²) >= 11 is 0.974. The Labute approximate surface area is 236 Å². The van der Waals surface area contributed by atoms with E-state index < -0.39 is 11.9 Å². The van der Waals surface area contributed by atoms with E-state index in [1.54, 1.807) is 36.3 Å². The lowest BCUT2D eigenvalue weighted by atomic mass is 10.0. The van der Waals surface area contributed by atoms with Gasteiger partial charge in [-0.1, -0.05) is 55.3 Å². The first kappa shape index (κ1) is 27.3. The van der Waals surface area contributed by atoms with Crippen molar-refractivity contribution in [1.82, 2.24) is 14.6 Å². The van der Waals surface area contributed by atoms with Crippen LogP contribution in [0.4, 0.5) is 10.1 Å². The smallest absolute Gasteiger partial charge is 0.268 e. The number of aromatic nitrogens is 1. The summed E-state index contributed by atoms with van der Waals surface area (Å²) in [6.07, 6.45) is 3.95. The number of ether oxygens (including phenoxy) is 1. The summed E-state index contributed by atoms with van der Waals surface area (Å²) < 4.78 is 23.3. The van der Waals surface area contributed by atoms with Crippen LogP contribution in [0.15, 0.2) is 78.9 Å². The van der Waals surface area contributed by atoms with Gasteiger partial charge in [-0.2, -0.15) is 4.37 Å². The summed E-state index contributed by atoms with van der Waals surface area (Å²) in [7, 11) is 1.58. The molecule has 2 amide bonds. The SMILES string of the molecule is COc1ccc(C(C(=O)NC2CCCC2)N(Cc2ccccc2)C(=O)c2snc(-c3ccc(F)cc3)c2N)cc1. The molecule has 3 N–H and O–H groups in total. The van der Waals surface area contributed by atoms with Gasteiger partial charge in [0.1, 0.15) is 28.2 Å². The average Bonchev–Trinajstić information content (AvgIpc) is 3.63. The molecule has 1 saturated carbocycles. The van der Waals surface area contributed by atoms with Crippen LogP contribution >= 0.6 is 11.5 Å². The normalized spacial score (nSPS) is 14.1. The van der Waals surface area contributed by atoms with Gasteiger partial charge < -0.3 is 20.7 Å². The molecule has 7 nitrogen and oxygen atoms in total. The molecule has 0 spiro atoms. The van der Waals surface area contributed by atoms with Crippen LogP contribution in [-0.4, -0.2) is 34.2 Å². The molecule has 1 aromatic heterocycles. The average molecular weight is 559 g/mol. The monoisotopic (exact) mass is 558 g/mol. The molecule has 3 aromatic carbocycles. The molecule has 1 atom stereocenters. The quantitative estimate of drug-likeness (QED) is 0.263. The molecule has 1 heterocycles. The van der Waals surface area contributed by atoms with E-state index in [2.05, 4.69) is 9.69 Å². The summed E-state index contributed by atoms with van der Waals surface area (Å²) in [6, 6.07) is 21.7. The minimum Gasteiger partial charge on any atom is -0.497 e. The molecule has 1 aliphatic carbocycles. The Morgan fingerprint density at radius 1 is 1.05 bits per heavy atom. The highest BCUT2D eigenvalue weighted by molar-refractivity contribution is 7.09. The van der Waals surface area contributed by atoms with E-state index in [4.69, 9.17) is 10.5 Å². The van der Waals surface area contributed by atoms with Crippen molar-refractivity contribution in [3.63, 3.8) is 0 Å². The lowest BCUT2D eigenvalue weighted by molar-refractivity contribution is -0.126. The van der Waals surface area contributed by atoms with Crippen LogP contribution < -0.4 is 15.8 Å². The van der Waals surface area contributed by atoms with Gasteiger partial charge in [0.15, 0.2) is 0 Å². The van der Waals surface area contributed by atoms with Crippen molar-refractivity contribution in [1.29, 1.82) is 0 Å². The fourth-order valence-electron chi connectivity index (χ4n) is 5.07. The summed E-state index contributed by atoms with van der Waals surface area (Å²) in [5.74, 6) is -0.383. The van der Waals surface area contributed by atoms with E-state index >= 15 is 0 Å². The number of carbonyl (C=O) groups excluding carboxylic acids is 2. The third-order valence-corrected chi connectivity index (χ3v) is 8.04. The summed E-state index contributed by atoms with van der Waals surface area (Å²) in [6.45, 7) is 0.178. The summed E-state index contributed by atoms with van der Waals surface area (Å²) in [4.78, 5) is 30.0. The first-order chi connectivity index (χ1) is 19.4. The molecule has 4 aromatic rings. The number of rotatable bonds is 9. The van der Waals surface area contributed by atoms with Gasteiger partial charge >= 0.3 is 0 Å². The van der Waals surface area contributed by atoms with Crippen LogP contribution in [0.5, 0.6) is 5.75 Å². The van der Waals surface area contributed by atoms with Crippen molar-refractivity contribution in [2.45, 2.75) is 44.3 Å². The van der Waals surface area contributed by atoms with Crippen molar-refractivity contribution >= 4 is 29.0 Å². The molecular formula is C31H31FN4O3S. The number of carbonyl (C=O) groups is 2. The largest absolute Gasteiger partial charge is 0.497 e. The van der Waals surface area contributed by atoms with Crippen molar-refractivity contribution in [2.75, 3.05) is 12.8 Å². The van der Waals surface area contributed by atoms with E-state index in [9.17, 15) is 14.0 Å². The Balaban J connectivity index is 1.56. The molecule has 0 saturated heterocycles. The van der Waals surface area contributed by atoms with Gasteiger partial charge in [0.25, 0.3) is 5.91 Å². The van der Waals surface area contributed by atoms with E-state index in [0.717, 1.165) is 42.8 Å². The number of nitrogens with two attached hydrogens (primary N) is 1. The van der Waals surface area contributed by atoms with Gasteiger partial charge in [-0.05, 0) is 71.9 Å². The maximum Gasteiger partial charge on any atom is 0.268 e. The fraction of sp³-hybridized carbons (Fsp3) is 0.258. The molecule has 1 unspecified atom stereocenters. The highest BCUT2D eigenvalue weighted by Gasteiger charge is 2.35. The second-order valence-electron chi connectivity index (χ2n) is 9.87. The van der Waals surface area contributed by atoms with Crippen molar-refractivity contribution in [2.24, 2.45) is 0 Å². The Bertz CT molecular complexity index is 1450. The number of hydrogen-bond donors (Lipinski definition) is 2. The highest BCUT2D eigenvalue weighted by Crippen LogP contribution is 2.35. The van der Waals surface area contributed by atoms with Crippen LogP contribution in [0.25, 0.3) is 11.3 Å². The molecule has 1 aliphatic rings. The number of nitrogens with one attached hydrogen (secondary N) is 1. The van der Waals surface area contributed by atoms with Crippen LogP contribution in [-0.2, 0) is 11.3 Å². The van der Waals surface area contributed by atoms with Gasteiger partial charge in [-0.15, -0.1) is 0 Å². The minimum atomic E-state index is -0.921. The van der Waals surface area contributed by atoms with Crippen molar-refractivity contribution in [3.05, 3.63) is 101 Å². The molecule has 0 radical (unpaired) electrons. The van der Waals surface area contributed by atoms with Crippen LogP contribution in [0.2, 0.25) is 0 Å². The van der Waals surface area contributed by atoms with Crippen LogP contribution in [0.3, 0.4) is 0 Å². The molecule has 0 bridgehead atoms. The number of halogens is 1. The molecule has 40 heavy (non-hydrogen) atoms. The van der Waals surface area contributed by atoms with Crippen LogP contribution in [0, 0.1) is 5.82 Å². The zero-order valence-corrected chi connectivity index (χ0v) is 23.0. The molecule has 0 aliphatic heterocycles. The Kier molecular flexibility index (Phi) is 8.40. The second-order valence-corrected chi connectivity index (χ2v) is 10.6. The number of nitrogens with zero attached hydrogens (tertiary/aromatic N) is 2. The Morgan fingerprint density at radius 2 is 1.73 bits per heavy atom. The minimum absolute atomic E-state index is 0.0699. The highest BCUT2D eigenvalue weighted by atomic mass is 32.1. The Hall–Kier alpha value is -4.24. The summed E-state index contributed by atoms with van der Waals surface area (Å²) in [5, 5.41) is 3.19. The number of amides is 2. The molecular weight excluding hydrogens is 527 g/mol. The standard InChI is InChI=1S/C31H31FN4O3S/c1-39-25-17-13-22(14-18-25)28(30(37)34-24-9-5-6-10-24)36(19-20-7-3-2-4-8-20)31(38)29-26(33)27(35-40-29)21-11-15-23(32)16-12-21/h2-4,7-8,11-18,24,28H,5-6,9-10,19,33H2,1H3,(H,34,37). The van der Waals surface area contributed by atoms with Crippen molar-refractivity contribution < 1.29 is 18.7 Å². The van der Waals surface area contributed by atoms with Gasteiger partial charge in [0.2, 0.25) is 5.91 Å². The third-order valence-electron chi connectivity index (χ3n) is 7.19.